The van der Waals surface area contributed by atoms with Crippen molar-refractivity contribution >= 4 is 22.9 Å². The quantitative estimate of drug-likeness (QED) is 0.775. The molecule has 1 rings (SSSR count). The summed E-state index contributed by atoms with van der Waals surface area (Å²) in [5.74, 6) is 0.545. The van der Waals surface area contributed by atoms with Crippen molar-refractivity contribution in [1.82, 2.24) is 4.98 Å². The van der Waals surface area contributed by atoms with Gasteiger partial charge in [0.05, 0.1) is 17.6 Å². The van der Waals surface area contributed by atoms with Gasteiger partial charge in [0.15, 0.2) is 4.47 Å². The largest absolute Gasteiger partial charge is 0.373 e. The summed E-state index contributed by atoms with van der Waals surface area (Å²) in [6.45, 7) is 6.98. The summed E-state index contributed by atoms with van der Waals surface area (Å²) in [5, 5.41) is 0. The maximum atomic E-state index is 5.69. The molecule has 1 aromatic heterocycles. The van der Waals surface area contributed by atoms with E-state index in [4.69, 9.17) is 16.3 Å². The van der Waals surface area contributed by atoms with Crippen molar-refractivity contribution in [1.29, 1.82) is 0 Å². The van der Waals surface area contributed by atoms with Crippen LogP contribution in [0.25, 0.3) is 0 Å². The van der Waals surface area contributed by atoms with Gasteiger partial charge in [0, 0.05) is 6.20 Å². The first kappa shape index (κ1) is 11.0. The number of nitrogens with zero attached hydrogens (tertiary/aromatic N) is 1. The molecular formula is C9H14ClNOS. The Hall–Kier alpha value is -0.120. The molecule has 0 radical (unpaired) electrons. The second-order valence-electron chi connectivity index (χ2n) is 3.34. The molecule has 0 aliphatic carbocycles. The standard InChI is InChI=1S/C9H14ClNOS/c1-6(2)7(3)12-5-8-4-11-9(10)13-8/h4,6-7H,5H2,1-3H3. The van der Waals surface area contributed by atoms with Crippen LogP contribution in [-0.2, 0) is 11.3 Å². The minimum atomic E-state index is 0.279. The van der Waals surface area contributed by atoms with Crippen LogP contribution in [0.2, 0.25) is 4.47 Å². The van der Waals surface area contributed by atoms with Gasteiger partial charge in [-0.2, -0.15) is 0 Å². The zero-order valence-electron chi connectivity index (χ0n) is 8.08. The average Bonchev–Trinajstić information content (AvgIpc) is 2.47. The topological polar surface area (TPSA) is 22.1 Å². The predicted molar refractivity (Wildman–Crippen MR) is 56.2 cm³/mol. The Morgan fingerprint density at radius 2 is 2.23 bits per heavy atom. The molecule has 0 amide bonds. The van der Waals surface area contributed by atoms with E-state index in [0.29, 0.717) is 17.0 Å². The lowest BCUT2D eigenvalue weighted by Crippen LogP contribution is -2.14. The van der Waals surface area contributed by atoms with Gasteiger partial charge in [0.1, 0.15) is 0 Å². The van der Waals surface area contributed by atoms with Gasteiger partial charge in [-0.25, -0.2) is 4.98 Å². The minimum absolute atomic E-state index is 0.279. The molecule has 74 valence electrons. The Balaban J connectivity index is 2.35. The first-order chi connectivity index (χ1) is 6.09. The molecule has 0 bridgehead atoms. The van der Waals surface area contributed by atoms with Gasteiger partial charge in [-0.1, -0.05) is 25.4 Å². The molecule has 0 aromatic carbocycles. The van der Waals surface area contributed by atoms with Crippen molar-refractivity contribution in [3.8, 4) is 0 Å². The molecule has 4 heteroatoms. The molecule has 1 heterocycles. The number of thiazole rings is 1. The lowest BCUT2D eigenvalue weighted by molar-refractivity contribution is 0.0248. The van der Waals surface area contributed by atoms with E-state index in [9.17, 15) is 0 Å². The van der Waals surface area contributed by atoms with Gasteiger partial charge in [-0.05, 0) is 12.8 Å². The van der Waals surface area contributed by atoms with Crippen molar-refractivity contribution < 1.29 is 4.74 Å². The number of hydrogen-bond donors (Lipinski definition) is 0. The normalized spacial score (nSPS) is 13.6. The molecule has 2 nitrogen and oxygen atoms in total. The lowest BCUT2D eigenvalue weighted by Gasteiger charge is -2.15. The number of rotatable bonds is 4. The van der Waals surface area contributed by atoms with E-state index < -0.39 is 0 Å². The predicted octanol–water partition coefficient (Wildman–Crippen LogP) is 3.36. The molecule has 0 aliphatic heterocycles. The van der Waals surface area contributed by atoms with Crippen molar-refractivity contribution in [3.63, 3.8) is 0 Å². The molecule has 0 spiro atoms. The van der Waals surface area contributed by atoms with E-state index >= 15 is 0 Å². The second-order valence-corrected chi connectivity index (χ2v) is 5.04. The van der Waals surface area contributed by atoms with Crippen LogP contribution in [0.3, 0.4) is 0 Å². The lowest BCUT2D eigenvalue weighted by atomic mass is 10.1. The maximum absolute atomic E-state index is 5.69. The maximum Gasteiger partial charge on any atom is 0.183 e. The van der Waals surface area contributed by atoms with Gasteiger partial charge < -0.3 is 4.74 Å². The SMILES string of the molecule is CC(C)C(C)OCc1cnc(Cl)s1. The van der Waals surface area contributed by atoms with Crippen molar-refractivity contribution in [2.24, 2.45) is 5.92 Å². The van der Waals surface area contributed by atoms with Gasteiger partial charge in [-0.3, -0.25) is 0 Å². The Kier molecular flexibility index (Phi) is 4.16. The van der Waals surface area contributed by atoms with Crippen LogP contribution >= 0.6 is 22.9 Å². The van der Waals surface area contributed by atoms with Crippen LogP contribution in [0.1, 0.15) is 25.6 Å². The Morgan fingerprint density at radius 1 is 1.54 bits per heavy atom. The third kappa shape index (κ3) is 3.63. The zero-order chi connectivity index (χ0) is 9.84. The van der Waals surface area contributed by atoms with Crippen LogP contribution in [0.15, 0.2) is 6.20 Å². The van der Waals surface area contributed by atoms with Crippen molar-refractivity contribution in [3.05, 3.63) is 15.5 Å². The summed E-state index contributed by atoms with van der Waals surface area (Å²) in [5.41, 5.74) is 0. The van der Waals surface area contributed by atoms with Crippen molar-refractivity contribution in [2.45, 2.75) is 33.5 Å². The van der Waals surface area contributed by atoms with Gasteiger partial charge in [-0.15, -0.1) is 11.3 Å². The molecule has 0 N–H and O–H groups in total. The molecule has 0 aliphatic rings. The molecule has 0 saturated carbocycles. The Bertz CT molecular complexity index is 262. The third-order valence-corrected chi connectivity index (χ3v) is 3.04. The summed E-state index contributed by atoms with van der Waals surface area (Å²) >= 11 is 7.16. The molecule has 13 heavy (non-hydrogen) atoms. The third-order valence-electron chi connectivity index (χ3n) is 1.95. The molecule has 1 aromatic rings. The molecule has 0 saturated heterocycles. The van der Waals surface area contributed by atoms with Gasteiger partial charge >= 0.3 is 0 Å². The molecule has 0 fully saturated rings. The van der Waals surface area contributed by atoms with E-state index in [1.165, 1.54) is 11.3 Å². The number of ether oxygens (including phenoxy) is 1. The van der Waals surface area contributed by atoms with E-state index in [1.807, 2.05) is 0 Å². The zero-order valence-corrected chi connectivity index (χ0v) is 9.65. The summed E-state index contributed by atoms with van der Waals surface area (Å²) in [7, 11) is 0. The fourth-order valence-electron chi connectivity index (χ4n) is 0.756. The average molecular weight is 220 g/mol. The monoisotopic (exact) mass is 219 g/mol. The van der Waals surface area contributed by atoms with Crippen LogP contribution in [0, 0.1) is 5.92 Å². The fraction of sp³-hybridized carbons (Fsp3) is 0.667. The van der Waals surface area contributed by atoms with E-state index in [1.54, 1.807) is 6.20 Å². The summed E-state index contributed by atoms with van der Waals surface area (Å²) in [6.07, 6.45) is 2.04. The summed E-state index contributed by atoms with van der Waals surface area (Å²) < 4.78 is 6.19. The summed E-state index contributed by atoms with van der Waals surface area (Å²) in [4.78, 5) is 5.02. The Morgan fingerprint density at radius 3 is 2.69 bits per heavy atom. The smallest absolute Gasteiger partial charge is 0.183 e. The van der Waals surface area contributed by atoms with Crippen LogP contribution in [-0.4, -0.2) is 11.1 Å². The highest BCUT2D eigenvalue weighted by atomic mass is 35.5. The highest BCUT2D eigenvalue weighted by molar-refractivity contribution is 7.15. The van der Waals surface area contributed by atoms with E-state index in [2.05, 4.69) is 25.8 Å². The van der Waals surface area contributed by atoms with Crippen molar-refractivity contribution in [2.75, 3.05) is 0 Å². The van der Waals surface area contributed by atoms with E-state index in [0.717, 1.165) is 4.88 Å². The van der Waals surface area contributed by atoms with Gasteiger partial charge in [0.25, 0.3) is 0 Å². The highest BCUT2D eigenvalue weighted by Gasteiger charge is 2.08. The fourth-order valence-corrected chi connectivity index (χ4v) is 1.66. The number of aromatic nitrogens is 1. The summed E-state index contributed by atoms with van der Waals surface area (Å²) in [6, 6.07) is 0. The Labute approximate surface area is 87.9 Å². The van der Waals surface area contributed by atoms with E-state index in [-0.39, 0.29) is 6.10 Å². The van der Waals surface area contributed by atoms with Crippen LogP contribution in [0.5, 0.6) is 0 Å². The molecular weight excluding hydrogens is 206 g/mol. The number of hydrogen-bond acceptors (Lipinski definition) is 3. The highest BCUT2D eigenvalue weighted by Crippen LogP contribution is 2.19. The number of halogens is 1. The molecule has 1 atom stereocenters. The minimum Gasteiger partial charge on any atom is -0.373 e. The first-order valence-corrected chi connectivity index (χ1v) is 5.51. The van der Waals surface area contributed by atoms with Crippen LogP contribution in [0.4, 0.5) is 0 Å². The second kappa shape index (κ2) is 4.94. The first-order valence-electron chi connectivity index (χ1n) is 4.31. The van der Waals surface area contributed by atoms with Crippen LogP contribution < -0.4 is 0 Å². The molecule has 1 unspecified atom stereocenters. The van der Waals surface area contributed by atoms with Gasteiger partial charge in [0.2, 0.25) is 0 Å².